The molecule has 1 fully saturated rings. The Morgan fingerprint density at radius 3 is 2.56 bits per heavy atom. The van der Waals surface area contributed by atoms with E-state index in [-0.39, 0.29) is 29.8 Å². The van der Waals surface area contributed by atoms with E-state index >= 15 is 0 Å². The third-order valence-electron chi connectivity index (χ3n) is 6.07. The minimum Gasteiger partial charge on any atom is -0.360 e. The Balaban J connectivity index is 1.71. The van der Waals surface area contributed by atoms with Crippen LogP contribution in [0.1, 0.15) is 12.8 Å². The molecule has 1 aliphatic rings. The van der Waals surface area contributed by atoms with Crippen LogP contribution in [0.4, 0.5) is 4.39 Å². The van der Waals surface area contributed by atoms with Gasteiger partial charge in [-0.05, 0) is 55.4 Å². The molecule has 4 rings (SSSR count). The maximum Gasteiger partial charge on any atom is 0.261 e. The number of fused-ring (bicyclic) bond motifs is 1. The molecule has 0 atom stereocenters. The first-order valence-electron chi connectivity index (χ1n) is 11.3. The van der Waals surface area contributed by atoms with Crippen LogP contribution in [0.5, 0.6) is 0 Å². The highest BCUT2D eigenvalue weighted by Gasteiger charge is 2.21. The summed E-state index contributed by atoms with van der Waals surface area (Å²) in [5.74, 6) is 0.364. The summed E-state index contributed by atoms with van der Waals surface area (Å²) in [6.07, 6.45) is 12.2. The van der Waals surface area contributed by atoms with Gasteiger partial charge in [0.1, 0.15) is 19.1 Å². The van der Waals surface area contributed by atoms with Crippen LogP contribution in [-0.4, -0.2) is 64.2 Å². The molecule has 2 aromatic heterocycles. The van der Waals surface area contributed by atoms with Gasteiger partial charge in [0, 0.05) is 36.8 Å². The van der Waals surface area contributed by atoms with Crippen molar-refractivity contribution < 1.29 is 13.9 Å². The second-order valence-electron chi connectivity index (χ2n) is 9.57. The average molecular weight is 508 g/mol. The maximum absolute atomic E-state index is 14.3. The van der Waals surface area contributed by atoms with E-state index in [0.717, 1.165) is 31.7 Å². The SMILES string of the molecule is CS(C)(C)CCOCn1cc(-c2ccc(Cl)c(F)c2)c2c(=O)n(CC(=O)N3CCCC3)ccc21. The topological polar surface area (TPSA) is 56.5 Å². The smallest absolute Gasteiger partial charge is 0.261 e. The summed E-state index contributed by atoms with van der Waals surface area (Å²) in [6, 6.07) is 6.33. The van der Waals surface area contributed by atoms with Gasteiger partial charge >= 0.3 is 0 Å². The molecule has 0 saturated carbocycles. The molecule has 3 heterocycles. The lowest BCUT2D eigenvalue weighted by atomic mass is 10.1. The zero-order valence-corrected chi connectivity index (χ0v) is 21.4. The summed E-state index contributed by atoms with van der Waals surface area (Å²) in [7, 11) is -0.676. The second-order valence-corrected chi connectivity index (χ2v) is 14.6. The van der Waals surface area contributed by atoms with Crippen LogP contribution in [-0.2, 0) is 22.8 Å². The van der Waals surface area contributed by atoms with Crippen molar-refractivity contribution in [3.8, 4) is 11.1 Å². The van der Waals surface area contributed by atoms with Gasteiger partial charge in [0.15, 0.2) is 0 Å². The largest absolute Gasteiger partial charge is 0.360 e. The Kier molecular flexibility index (Phi) is 7.40. The highest BCUT2D eigenvalue weighted by molar-refractivity contribution is 8.32. The van der Waals surface area contributed by atoms with Gasteiger partial charge in [-0.3, -0.25) is 9.59 Å². The van der Waals surface area contributed by atoms with Crippen molar-refractivity contribution in [2.75, 3.05) is 44.2 Å². The van der Waals surface area contributed by atoms with Crippen molar-refractivity contribution in [1.82, 2.24) is 14.0 Å². The first-order valence-corrected chi connectivity index (χ1v) is 14.7. The molecule has 1 aromatic carbocycles. The minimum atomic E-state index is -0.676. The molecule has 0 N–H and O–H groups in total. The Morgan fingerprint density at radius 1 is 1.15 bits per heavy atom. The fraction of sp³-hybridized carbons (Fsp3) is 0.440. The summed E-state index contributed by atoms with van der Waals surface area (Å²) in [5, 5.41) is 0.456. The Labute approximate surface area is 205 Å². The first-order chi connectivity index (χ1) is 16.1. The van der Waals surface area contributed by atoms with E-state index in [4.69, 9.17) is 16.3 Å². The Bertz CT molecular complexity index is 1260. The van der Waals surface area contributed by atoms with Gasteiger partial charge in [0.05, 0.1) is 22.5 Å². The summed E-state index contributed by atoms with van der Waals surface area (Å²) in [4.78, 5) is 28.0. The molecule has 34 heavy (non-hydrogen) atoms. The van der Waals surface area contributed by atoms with Crippen molar-refractivity contribution in [1.29, 1.82) is 0 Å². The molecule has 1 saturated heterocycles. The molecule has 3 aromatic rings. The maximum atomic E-state index is 14.3. The van der Waals surface area contributed by atoms with Gasteiger partial charge in [-0.25, -0.2) is 14.4 Å². The van der Waals surface area contributed by atoms with E-state index < -0.39 is 15.8 Å². The minimum absolute atomic E-state index is 0.0147. The van der Waals surface area contributed by atoms with E-state index in [1.165, 1.54) is 16.7 Å². The number of ether oxygens (including phenoxy) is 1. The molecule has 1 aliphatic heterocycles. The van der Waals surface area contributed by atoms with Gasteiger partial charge < -0.3 is 18.8 Å². The number of hydrogen-bond acceptors (Lipinski definition) is 3. The van der Waals surface area contributed by atoms with Crippen LogP contribution in [0, 0.1) is 5.82 Å². The van der Waals surface area contributed by atoms with Gasteiger partial charge in [0.25, 0.3) is 5.56 Å². The van der Waals surface area contributed by atoms with Crippen LogP contribution < -0.4 is 5.56 Å². The van der Waals surface area contributed by atoms with Crippen molar-refractivity contribution in [3.05, 3.63) is 57.9 Å². The number of carbonyl (C=O) groups is 1. The molecule has 9 heteroatoms. The number of rotatable bonds is 8. The normalized spacial score (nSPS) is 14.8. The van der Waals surface area contributed by atoms with E-state index in [2.05, 4.69) is 18.8 Å². The molecule has 0 spiro atoms. The fourth-order valence-electron chi connectivity index (χ4n) is 4.15. The molecule has 6 nitrogen and oxygen atoms in total. The second kappa shape index (κ2) is 10.1. The van der Waals surface area contributed by atoms with Gasteiger partial charge in [-0.15, -0.1) is 0 Å². The molecular weight excluding hydrogens is 477 g/mol. The number of carbonyl (C=O) groups excluding carboxylic acids is 1. The van der Waals surface area contributed by atoms with Crippen molar-refractivity contribution in [2.45, 2.75) is 26.1 Å². The van der Waals surface area contributed by atoms with E-state index in [0.29, 0.717) is 28.6 Å². The van der Waals surface area contributed by atoms with Crippen LogP contribution >= 0.6 is 21.6 Å². The predicted octanol–water partition coefficient (Wildman–Crippen LogP) is 4.55. The summed E-state index contributed by atoms with van der Waals surface area (Å²) >= 11 is 5.88. The van der Waals surface area contributed by atoms with Crippen molar-refractivity contribution in [3.63, 3.8) is 0 Å². The zero-order valence-electron chi connectivity index (χ0n) is 19.9. The highest BCUT2D eigenvalue weighted by Crippen LogP contribution is 2.34. The quantitative estimate of drug-likeness (QED) is 0.420. The number of nitrogens with zero attached hydrogens (tertiary/aromatic N) is 3. The van der Waals surface area contributed by atoms with E-state index in [9.17, 15) is 14.0 Å². The van der Waals surface area contributed by atoms with E-state index in [1.807, 2.05) is 16.8 Å². The van der Waals surface area contributed by atoms with Crippen LogP contribution in [0.25, 0.3) is 22.0 Å². The number of amides is 1. The standard InChI is InChI=1S/C25H31ClFN3O3S/c1-34(2,3)13-12-33-17-30-15-19(18-6-7-20(26)21(27)14-18)24-22(30)8-11-29(25(24)32)16-23(31)28-9-4-5-10-28/h6-8,11,14-15H,4-5,9-10,12-13,16-17H2,1-3H3. The summed E-state index contributed by atoms with van der Waals surface area (Å²) in [6.45, 7) is 2.34. The van der Waals surface area contributed by atoms with Crippen LogP contribution in [0.15, 0.2) is 41.5 Å². The molecule has 0 unspecified atom stereocenters. The van der Waals surface area contributed by atoms with Gasteiger partial charge in [-0.2, -0.15) is 0 Å². The lowest BCUT2D eigenvalue weighted by Gasteiger charge is -2.24. The Morgan fingerprint density at radius 2 is 1.88 bits per heavy atom. The van der Waals surface area contributed by atoms with Gasteiger partial charge in [-0.1, -0.05) is 17.7 Å². The summed E-state index contributed by atoms with van der Waals surface area (Å²) in [5.41, 5.74) is 1.53. The molecule has 0 radical (unpaired) electrons. The number of likely N-dealkylation sites (tertiary alicyclic amines) is 1. The lowest BCUT2D eigenvalue weighted by Crippen LogP contribution is -2.34. The van der Waals surface area contributed by atoms with Crippen LogP contribution in [0.2, 0.25) is 5.02 Å². The fourth-order valence-corrected chi connectivity index (χ4v) is 4.88. The molecule has 1 amide bonds. The highest BCUT2D eigenvalue weighted by atomic mass is 35.5. The average Bonchev–Trinajstić information content (AvgIpc) is 3.43. The van der Waals surface area contributed by atoms with Crippen LogP contribution in [0.3, 0.4) is 0 Å². The zero-order chi connectivity index (χ0) is 24.5. The number of pyridine rings is 1. The summed E-state index contributed by atoms with van der Waals surface area (Å²) < 4.78 is 23.5. The predicted molar refractivity (Wildman–Crippen MR) is 139 cm³/mol. The number of aromatic nitrogens is 2. The van der Waals surface area contributed by atoms with Gasteiger partial charge in [0.2, 0.25) is 5.91 Å². The molecule has 184 valence electrons. The first kappa shape index (κ1) is 24.8. The van der Waals surface area contributed by atoms with Crippen molar-refractivity contribution in [2.24, 2.45) is 0 Å². The lowest BCUT2D eigenvalue weighted by molar-refractivity contribution is -0.130. The third-order valence-corrected chi connectivity index (χ3v) is 7.77. The van der Waals surface area contributed by atoms with E-state index in [1.54, 1.807) is 17.2 Å². The Hall–Kier alpha value is -2.29. The third kappa shape index (κ3) is 5.50. The monoisotopic (exact) mass is 507 g/mol. The molecule has 0 aliphatic carbocycles. The molecular formula is C25H31ClFN3O3S. The van der Waals surface area contributed by atoms with Crippen molar-refractivity contribution >= 4 is 38.4 Å². The number of halogens is 2. The molecule has 0 bridgehead atoms. The number of benzene rings is 1. The number of hydrogen-bond donors (Lipinski definition) is 0.